The third kappa shape index (κ3) is 2.49. The molecule has 0 radical (unpaired) electrons. The molecule has 1 aliphatic rings. The highest BCUT2D eigenvalue weighted by Crippen LogP contribution is 2.34. The lowest BCUT2D eigenvalue weighted by molar-refractivity contribution is -0.186. The van der Waals surface area contributed by atoms with Gasteiger partial charge in [0.15, 0.2) is 0 Å². The largest absolute Gasteiger partial charge is 0.342 e. The number of carbonyl (C=O) groups is 1. The molecule has 0 spiro atoms. The average Bonchev–Trinajstić information content (AvgIpc) is 2.92. The normalized spacial score (nSPS) is 19.5. The number of carbonyl (C=O) groups excluding carboxylic acids is 1. The number of nitrogens with zero attached hydrogens (tertiary/aromatic N) is 3. The van der Waals surface area contributed by atoms with Crippen LogP contribution in [0.5, 0.6) is 0 Å². The van der Waals surface area contributed by atoms with E-state index in [4.69, 9.17) is 10.1 Å². The molecule has 0 unspecified atom stereocenters. The van der Waals surface area contributed by atoms with Crippen LogP contribution >= 0.6 is 0 Å². The molecule has 1 aliphatic heterocycles. The highest BCUT2D eigenvalue weighted by Gasteiger charge is 2.37. The number of aromatic nitrogens is 1. The summed E-state index contributed by atoms with van der Waals surface area (Å²) in [7, 11) is 1.83. The van der Waals surface area contributed by atoms with E-state index in [9.17, 15) is 4.79 Å². The maximum absolute atomic E-state index is 12.3. The maximum atomic E-state index is 12.3. The summed E-state index contributed by atoms with van der Waals surface area (Å²) in [4.78, 5) is 17.8. The predicted octanol–water partition coefficient (Wildman–Crippen LogP) is 2.15. The molecular formula is C14H19N3O2. The van der Waals surface area contributed by atoms with Crippen LogP contribution in [0.15, 0.2) is 12.3 Å². The lowest BCUT2D eigenvalue weighted by Gasteiger charge is -2.28. The molecule has 1 aromatic heterocycles. The molecular weight excluding hydrogens is 242 g/mol. The third-order valence-corrected chi connectivity index (χ3v) is 3.27. The first kappa shape index (κ1) is 13.6. The van der Waals surface area contributed by atoms with Gasteiger partial charge in [0.2, 0.25) is 0 Å². The standard InChI is InChI=1S/C14H19N3O2/c1-14(2,3)13(18)17-12(5-6-19-17)10-7-11(8-15)16(4)9-10/h7,9,12H,5-6H2,1-4H3/t12-/m0/s1. The van der Waals surface area contributed by atoms with Gasteiger partial charge in [0.1, 0.15) is 11.8 Å². The van der Waals surface area contributed by atoms with E-state index < -0.39 is 5.41 Å². The summed E-state index contributed by atoms with van der Waals surface area (Å²) in [6.45, 7) is 6.16. The highest BCUT2D eigenvalue weighted by atomic mass is 16.7. The van der Waals surface area contributed by atoms with E-state index in [2.05, 4.69) is 6.07 Å². The topological polar surface area (TPSA) is 58.3 Å². The van der Waals surface area contributed by atoms with Gasteiger partial charge in [-0.05, 0) is 11.6 Å². The smallest absolute Gasteiger partial charge is 0.252 e. The molecule has 1 atom stereocenters. The van der Waals surface area contributed by atoms with Crippen molar-refractivity contribution in [3.05, 3.63) is 23.5 Å². The Hall–Kier alpha value is -1.80. The first-order valence-electron chi connectivity index (χ1n) is 6.37. The Morgan fingerprint density at radius 2 is 2.21 bits per heavy atom. The van der Waals surface area contributed by atoms with Crippen LogP contribution in [-0.2, 0) is 16.7 Å². The van der Waals surface area contributed by atoms with Gasteiger partial charge in [-0.2, -0.15) is 5.26 Å². The minimum Gasteiger partial charge on any atom is -0.342 e. The molecule has 102 valence electrons. The molecule has 19 heavy (non-hydrogen) atoms. The fourth-order valence-corrected chi connectivity index (χ4v) is 2.19. The molecule has 1 amide bonds. The van der Waals surface area contributed by atoms with E-state index in [1.165, 1.54) is 5.06 Å². The van der Waals surface area contributed by atoms with Crippen LogP contribution in [0.1, 0.15) is 44.5 Å². The number of hydrogen-bond acceptors (Lipinski definition) is 3. The zero-order valence-electron chi connectivity index (χ0n) is 11.8. The van der Waals surface area contributed by atoms with Gasteiger partial charge >= 0.3 is 0 Å². The molecule has 0 N–H and O–H groups in total. The zero-order valence-corrected chi connectivity index (χ0v) is 11.8. The fraction of sp³-hybridized carbons (Fsp3) is 0.571. The van der Waals surface area contributed by atoms with Crippen LogP contribution in [-0.4, -0.2) is 22.1 Å². The summed E-state index contributed by atoms with van der Waals surface area (Å²) in [6.07, 6.45) is 2.65. The highest BCUT2D eigenvalue weighted by molar-refractivity contribution is 5.81. The molecule has 0 bridgehead atoms. The summed E-state index contributed by atoms with van der Waals surface area (Å²) >= 11 is 0. The van der Waals surface area contributed by atoms with Crippen LogP contribution in [0.3, 0.4) is 0 Å². The van der Waals surface area contributed by atoms with Crippen molar-refractivity contribution in [3.63, 3.8) is 0 Å². The molecule has 1 saturated heterocycles. The molecule has 0 aliphatic carbocycles. The van der Waals surface area contributed by atoms with E-state index in [0.717, 1.165) is 12.0 Å². The fourth-order valence-electron chi connectivity index (χ4n) is 2.19. The molecule has 0 saturated carbocycles. The van der Waals surface area contributed by atoms with E-state index in [1.807, 2.05) is 40.1 Å². The molecule has 2 heterocycles. The van der Waals surface area contributed by atoms with Crippen molar-refractivity contribution >= 4 is 5.91 Å². The average molecular weight is 261 g/mol. The zero-order chi connectivity index (χ0) is 14.2. The summed E-state index contributed by atoms with van der Waals surface area (Å²) in [5.41, 5.74) is 1.06. The van der Waals surface area contributed by atoms with Crippen molar-refractivity contribution in [2.45, 2.75) is 33.2 Å². The van der Waals surface area contributed by atoms with Crippen molar-refractivity contribution in [2.24, 2.45) is 12.5 Å². The lowest BCUT2D eigenvalue weighted by atomic mass is 9.94. The summed E-state index contributed by atoms with van der Waals surface area (Å²) in [5, 5.41) is 10.5. The Kier molecular flexibility index (Phi) is 3.38. The van der Waals surface area contributed by atoms with E-state index in [-0.39, 0.29) is 11.9 Å². The number of hydroxylamine groups is 2. The van der Waals surface area contributed by atoms with E-state index >= 15 is 0 Å². The Balaban J connectivity index is 2.28. The summed E-state index contributed by atoms with van der Waals surface area (Å²) in [5.74, 6) is -0.0302. The Morgan fingerprint density at radius 3 is 2.74 bits per heavy atom. The van der Waals surface area contributed by atoms with Gasteiger partial charge in [-0.3, -0.25) is 9.63 Å². The van der Waals surface area contributed by atoms with Crippen molar-refractivity contribution in [1.29, 1.82) is 5.26 Å². The lowest BCUT2D eigenvalue weighted by Crippen LogP contribution is -2.38. The maximum Gasteiger partial charge on any atom is 0.252 e. The monoisotopic (exact) mass is 261 g/mol. The number of amides is 1. The van der Waals surface area contributed by atoms with Crippen molar-refractivity contribution in [2.75, 3.05) is 6.61 Å². The van der Waals surface area contributed by atoms with Gasteiger partial charge in [-0.15, -0.1) is 0 Å². The van der Waals surface area contributed by atoms with Gasteiger partial charge in [0.05, 0.1) is 12.6 Å². The van der Waals surface area contributed by atoms with Gasteiger partial charge in [0.25, 0.3) is 5.91 Å². The second-order valence-electron chi connectivity index (χ2n) is 5.90. The molecule has 1 fully saturated rings. The Labute approximate surface area is 113 Å². The number of nitriles is 1. The molecule has 1 aromatic rings. The molecule has 5 heteroatoms. The minimum absolute atomic E-state index is 0.0302. The van der Waals surface area contributed by atoms with Crippen LogP contribution < -0.4 is 0 Å². The first-order valence-corrected chi connectivity index (χ1v) is 6.37. The van der Waals surface area contributed by atoms with Crippen molar-refractivity contribution in [3.8, 4) is 6.07 Å². The quantitative estimate of drug-likeness (QED) is 0.778. The van der Waals surface area contributed by atoms with Gasteiger partial charge in [-0.25, -0.2) is 5.06 Å². The second kappa shape index (κ2) is 4.71. The van der Waals surface area contributed by atoms with Crippen LogP contribution in [0.2, 0.25) is 0 Å². The van der Waals surface area contributed by atoms with E-state index in [1.54, 1.807) is 4.57 Å². The number of hydrogen-bond donors (Lipinski definition) is 0. The van der Waals surface area contributed by atoms with Gasteiger partial charge in [-0.1, -0.05) is 20.8 Å². The molecule has 2 rings (SSSR count). The second-order valence-corrected chi connectivity index (χ2v) is 5.90. The minimum atomic E-state index is -0.477. The number of aryl methyl sites for hydroxylation is 1. The number of rotatable bonds is 1. The van der Waals surface area contributed by atoms with Crippen molar-refractivity contribution < 1.29 is 9.63 Å². The summed E-state index contributed by atoms with van der Waals surface area (Å²) in [6, 6.07) is 3.86. The summed E-state index contributed by atoms with van der Waals surface area (Å²) < 4.78 is 1.77. The molecule has 0 aromatic carbocycles. The SMILES string of the molecule is Cn1cc([C@@H]2CCON2C(=O)C(C)(C)C)cc1C#N. The Morgan fingerprint density at radius 1 is 1.53 bits per heavy atom. The van der Waals surface area contributed by atoms with E-state index in [0.29, 0.717) is 12.3 Å². The first-order chi connectivity index (χ1) is 8.84. The Bertz CT molecular complexity index is 534. The van der Waals surface area contributed by atoms with Crippen molar-refractivity contribution in [1.82, 2.24) is 9.63 Å². The van der Waals surface area contributed by atoms with Crippen LogP contribution in [0, 0.1) is 16.7 Å². The van der Waals surface area contributed by atoms with Crippen LogP contribution in [0.25, 0.3) is 0 Å². The van der Waals surface area contributed by atoms with Gasteiger partial charge < -0.3 is 4.57 Å². The molecule has 5 nitrogen and oxygen atoms in total. The predicted molar refractivity (Wildman–Crippen MR) is 69.7 cm³/mol. The van der Waals surface area contributed by atoms with Crippen LogP contribution in [0.4, 0.5) is 0 Å². The third-order valence-electron chi connectivity index (χ3n) is 3.27. The van der Waals surface area contributed by atoms with Gasteiger partial charge in [0, 0.05) is 25.1 Å².